The number of hydrogen-bond donors (Lipinski definition) is 1. The summed E-state index contributed by atoms with van der Waals surface area (Å²) in [6, 6.07) is 0. The highest BCUT2D eigenvalue weighted by atomic mass is 32.3. The van der Waals surface area contributed by atoms with Crippen LogP contribution in [0.1, 0.15) is 0 Å². The second-order valence-corrected chi connectivity index (χ2v) is 8.21. The van der Waals surface area contributed by atoms with E-state index in [9.17, 15) is 25.3 Å². The fourth-order valence-corrected chi connectivity index (χ4v) is 4.65. The molecule has 0 aliphatic rings. The molecule has 0 atom stereocenters. The first kappa shape index (κ1) is 13.8. The summed E-state index contributed by atoms with van der Waals surface area (Å²) in [5.41, 5.74) is 0. The third-order valence-electron chi connectivity index (χ3n) is 0.843. The van der Waals surface area contributed by atoms with E-state index in [1.165, 1.54) is 4.83 Å². The summed E-state index contributed by atoms with van der Waals surface area (Å²) in [5.74, 6) is 0. The molecular formula is C3H10N2O6S3. The molecule has 0 fully saturated rings. The first-order valence-corrected chi connectivity index (χ1v) is 8.61. The fraction of sp³-hybridized carbons (Fsp3) is 1.00. The van der Waals surface area contributed by atoms with Crippen LogP contribution in [-0.2, 0) is 30.1 Å². The van der Waals surface area contributed by atoms with Crippen molar-refractivity contribution in [3.05, 3.63) is 0 Å². The van der Waals surface area contributed by atoms with Crippen LogP contribution < -0.4 is 4.83 Å². The maximum Gasteiger partial charge on any atom is 0.238 e. The zero-order valence-electron chi connectivity index (χ0n) is 7.62. The molecule has 0 bridgehead atoms. The third kappa shape index (κ3) is 4.85. The van der Waals surface area contributed by atoms with Crippen molar-refractivity contribution < 1.29 is 25.3 Å². The highest BCUT2D eigenvalue weighted by Crippen LogP contribution is 2.01. The second kappa shape index (κ2) is 3.73. The molecule has 0 aliphatic carbocycles. The van der Waals surface area contributed by atoms with Crippen molar-refractivity contribution in [2.24, 2.45) is 0 Å². The van der Waals surface area contributed by atoms with E-state index in [1.807, 2.05) is 0 Å². The monoisotopic (exact) mass is 266 g/mol. The summed E-state index contributed by atoms with van der Waals surface area (Å²) >= 11 is 0. The predicted octanol–water partition coefficient (Wildman–Crippen LogP) is -2.33. The molecule has 0 amide bonds. The molecule has 0 spiro atoms. The van der Waals surface area contributed by atoms with Crippen LogP contribution in [0.3, 0.4) is 0 Å². The van der Waals surface area contributed by atoms with Crippen molar-refractivity contribution in [3.63, 3.8) is 0 Å². The van der Waals surface area contributed by atoms with Gasteiger partial charge in [0.05, 0.1) is 18.8 Å². The zero-order valence-corrected chi connectivity index (χ0v) is 10.1. The van der Waals surface area contributed by atoms with Crippen molar-refractivity contribution in [3.8, 4) is 0 Å². The fourth-order valence-electron chi connectivity index (χ4n) is 0.517. The molecule has 8 nitrogen and oxygen atoms in total. The molecule has 11 heteroatoms. The quantitative estimate of drug-likeness (QED) is 0.570. The number of nitrogens with zero attached hydrogens (tertiary/aromatic N) is 1. The van der Waals surface area contributed by atoms with Gasteiger partial charge in [-0.05, 0) is 3.82 Å². The van der Waals surface area contributed by atoms with E-state index in [0.717, 1.165) is 0 Å². The highest BCUT2D eigenvalue weighted by Gasteiger charge is 2.29. The topological polar surface area (TPSA) is 118 Å². The van der Waals surface area contributed by atoms with Crippen molar-refractivity contribution in [1.82, 2.24) is 8.65 Å². The van der Waals surface area contributed by atoms with Gasteiger partial charge in [-0.15, -0.1) is 4.83 Å². The summed E-state index contributed by atoms with van der Waals surface area (Å²) in [4.78, 5) is 1.37. The molecule has 0 radical (unpaired) electrons. The molecule has 0 saturated heterocycles. The molecular weight excluding hydrogens is 256 g/mol. The van der Waals surface area contributed by atoms with Gasteiger partial charge in [-0.1, -0.05) is 0 Å². The lowest BCUT2D eigenvalue weighted by Gasteiger charge is -2.16. The minimum atomic E-state index is -4.20. The van der Waals surface area contributed by atoms with E-state index in [0.29, 0.717) is 18.8 Å². The molecule has 0 aliphatic heterocycles. The Balaban J connectivity index is 5.41. The van der Waals surface area contributed by atoms with Gasteiger partial charge in [0.2, 0.25) is 30.1 Å². The summed E-state index contributed by atoms with van der Waals surface area (Å²) in [6.45, 7) is 0. The van der Waals surface area contributed by atoms with Gasteiger partial charge >= 0.3 is 0 Å². The van der Waals surface area contributed by atoms with Crippen LogP contribution in [0.25, 0.3) is 0 Å². The zero-order chi connectivity index (χ0) is 11.8. The summed E-state index contributed by atoms with van der Waals surface area (Å²) < 4.78 is 64.5. The number of sulfonamides is 3. The second-order valence-electron chi connectivity index (χ2n) is 2.59. The minimum absolute atomic E-state index is 0.310. The molecule has 0 unspecified atom stereocenters. The Hall–Kier alpha value is -0.230. The average Bonchev–Trinajstić information content (AvgIpc) is 1.75. The predicted molar refractivity (Wildman–Crippen MR) is 49.5 cm³/mol. The molecule has 0 saturated carbocycles. The average molecular weight is 266 g/mol. The first-order valence-electron chi connectivity index (χ1n) is 3.02. The van der Waals surface area contributed by atoms with Gasteiger partial charge in [0.15, 0.2) is 0 Å². The minimum Gasteiger partial charge on any atom is -0.211 e. The number of nitrogens with one attached hydrogen (secondary N) is 1. The Morgan fingerprint density at radius 3 is 1.14 bits per heavy atom. The number of hydrazine groups is 1. The Labute approximate surface area is 83.0 Å². The summed E-state index contributed by atoms with van der Waals surface area (Å²) in [6.07, 6.45) is 1.76. The summed E-state index contributed by atoms with van der Waals surface area (Å²) in [5, 5.41) is 0. The van der Waals surface area contributed by atoms with Crippen LogP contribution in [0.5, 0.6) is 0 Å². The molecule has 0 aromatic carbocycles. The SMILES string of the molecule is CS(=O)(=O)NN(S(C)(=O)=O)S(C)(=O)=O. The van der Waals surface area contributed by atoms with E-state index in [-0.39, 0.29) is 3.82 Å². The Morgan fingerprint density at radius 2 is 1.07 bits per heavy atom. The Kier molecular flexibility index (Phi) is 3.67. The molecule has 0 aromatic rings. The Bertz CT molecular complexity index is 467. The first-order chi connectivity index (χ1) is 5.84. The van der Waals surface area contributed by atoms with Crippen LogP contribution in [0, 0.1) is 0 Å². The van der Waals surface area contributed by atoms with E-state index in [2.05, 4.69) is 0 Å². The molecule has 1 N–H and O–H groups in total. The maximum absolute atomic E-state index is 10.9. The van der Waals surface area contributed by atoms with Crippen molar-refractivity contribution >= 4 is 30.1 Å². The van der Waals surface area contributed by atoms with Gasteiger partial charge in [0.1, 0.15) is 0 Å². The third-order valence-corrected chi connectivity index (χ3v) is 4.60. The van der Waals surface area contributed by atoms with Gasteiger partial charge in [0.25, 0.3) is 0 Å². The van der Waals surface area contributed by atoms with E-state index >= 15 is 0 Å². The molecule has 0 aromatic heterocycles. The van der Waals surface area contributed by atoms with Crippen molar-refractivity contribution in [2.45, 2.75) is 0 Å². The van der Waals surface area contributed by atoms with Crippen molar-refractivity contribution in [1.29, 1.82) is 0 Å². The van der Waals surface area contributed by atoms with Crippen LogP contribution in [0.2, 0.25) is 0 Å². The normalized spacial score (nSPS) is 14.6. The molecule has 0 heterocycles. The van der Waals surface area contributed by atoms with Crippen LogP contribution >= 0.6 is 0 Å². The van der Waals surface area contributed by atoms with E-state index in [1.54, 1.807) is 0 Å². The van der Waals surface area contributed by atoms with E-state index in [4.69, 9.17) is 0 Å². The van der Waals surface area contributed by atoms with Gasteiger partial charge in [-0.25, -0.2) is 25.3 Å². The number of hydrogen-bond acceptors (Lipinski definition) is 6. The maximum atomic E-state index is 10.9. The smallest absolute Gasteiger partial charge is 0.211 e. The highest BCUT2D eigenvalue weighted by molar-refractivity contribution is 8.04. The largest absolute Gasteiger partial charge is 0.238 e. The molecule has 14 heavy (non-hydrogen) atoms. The summed E-state index contributed by atoms with van der Waals surface area (Å²) in [7, 11) is -12.4. The van der Waals surface area contributed by atoms with Crippen molar-refractivity contribution in [2.75, 3.05) is 18.8 Å². The van der Waals surface area contributed by atoms with E-state index < -0.39 is 30.1 Å². The standard InChI is InChI=1S/C3H10N2O6S3/c1-12(6,7)4-5(13(2,8)9)14(3,10)11/h4H,1-3H3. The lowest BCUT2D eigenvalue weighted by atomic mass is 12.0. The van der Waals surface area contributed by atoms with Gasteiger partial charge < -0.3 is 0 Å². The van der Waals surface area contributed by atoms with Gasteiger partial charge in [0, 0.05) is 0 Å². The molecule has 0 rings (SSSR count). The van der Waals surface area contributed by atoms with Crippen LogP contribution in [0.15, 0.2) is 0 Å². The van der Waals surface area contributed by atoms with Crippen LogP contribution in [-0.4, -0.2) is 47.8 Å². The van der Waals surface area contributed by atoms with Crippen LogP contribution in [0.4, 0.5) is 0 Å². The lowest BCUT2D eigenvalue weighted by molar-refractivity contribution is 0.477. The van der Waals surface area contributed by atoms with Gasteiger partial charge in [-0.2, -0.15) is 0 Å². The van der Waals surface area contributed by atoms with Gasteiger partial charge in [-0.3, -0.25) is 0 Å². The Morgan fingerprint density at radius 1 is 0.786 bits per heavy atom. The molecule has 86 valence electrons. The lowest BCUT2D eigenvalue weighted by Crippen LogP contribution is -2.48. The number of rotatable bonds is 4.